The Morgan fingerprint density at radius 2 is 1.71 bits per heavy atom. The summed E-state index contributed by atoms with van der Waals surface area (Å²) in [5, 5.41) is 0. The minimum absolute atomic E-state index is 0.0226. The zero-order chi connectivity index (χ0) is 20.8. The highest BCUT2D eigenvalue weighted by atomic mass is 16.6. The van der Waals surface area contributed by atoms with Crippen LogP contribution in [0, 0.1) is 0 Å². The Hall–Kier alpha value is -2.70. The number of carbonyl (C=O) groups excluding carboxylic acids is 2. The van der Waals surface area contributed by atoms with Gasteiger partial charge in [-0.2, -0.15) is 0 Å². The Balaban J connectivity index is 2.06. The van der Waals surface area contributed by atoms with Gasteiger partial charge in [-0.05, 0) is 58.4 Å². The average molecular weight is 391 g/mol. The minimum Gasteiger partial charge on any atom is -0.493 e. The van der Waals surface area contributed by atoms with Crippen LogP contribution in [0.2, 0.25) is 0 Å². The van der Waals surface area contributed by atoms with Crippen molar-refractivity contribution in [3.05, 3.63) is 23.8 Å². The van der Waals surface area contributed by atoms with Gasteiger partial charge in [-0.15, -0.1) is 0 Å². The molecule has 7 heteroatoms. The Morgan fingerprint density at radius 3 is 2.32 bits per heavy atom. The highest BCUT2D eigenvalue weighted by Gasteiger charge is 2.27. The standard InChI is InChI=1S/C21H29NO6/c1-13(2)22(14(3)4)21(24)15(5)28-19(23)8-7-16-11-17(25-6)20-18(12-16)26-9-10-27-20/h7-8,11-15H,9-10H2,1-6H3/b8-7+/t15-/m0/s1. The van der Waals surface area contributed by atoms with Crippen molar-refractivity contribution in [1.29, 1.82) is 0 Å². The van der Waals surface area contributed by atoms with E-state index < -0.39 is 12.1 Å². The fourth-order valence-electron chi connectivity index (χ4n) is 3.13. The smallest absolute Gasteiger partial charge is 0.331 e. The molecule has 0 radical (unpaired) electrons. The van der Waals surface area contributed by atoms with Crippen molar-refractivity contribution in [1.82, 2.24) is 4.90 Å². The van der Waals surface area contributed by atoms with Gasteiger partial charge < -0.3 is 23.8 Å². The largest absolute Gasteiger partial charge is 0.493 e. The topological polar surface area (TPSA) is 74.3 Å². The van der Waals surface area contributed by atoms with Crippen LogP contribution in [0.4, 0.5) is 0 Å². The number of nitrogens with zero attached hydrogens (tertiary/aromatic N) is 1. The van der Waals surface area contributed by atoms with Gasteiger partial charge in [0.2, 0.25) is 5.75 Å². The van der Waals surface area contributed by atoms with Crippen molar-refractivity contribution in [3.63, 3.8) is 0 Å². The van der Waals surface area contributed by atoms with Crippen LogP contribution in [0.25, 0.3) is 6.08 Å². The van der Waals surface area contributed by atoms with Crippen LogP contribution in [0.5, 0.6) is 17.2 Å². The molecule has 0 N–H and O–H groups in total. The number of methoxy groups -OCH3 is 1. The summed E-state index contributed by atoms with van der Waals surface area (Å²) in [5.41, 5.74) is 0.697. The molecule has 1 aliphatic rings. The number of amides is 1. The van der Waals surface area contributed by atoms with Crippen LogP contribution in [-0.2, 0) is 14.3 Å². The first-order valence-corrected chi connectivity index (χ1v) is 9.43. The Labute approximate surface area is 166 Å². The third-order valence-corrected chi connectivity index (χ3v) is 4.27. The Kier molecular flexibility index (Phi) is 7.31. The van der Waals surface area contributed by atoms with Gasteiger partial charge in [0, 0.05) is 18.2 Å². The molecule has 0 saturated carbocycles. The lowest BCUT2D eigenvalue weighted by atomic mass is 10.1. The molecule has 2 rings (SSSR count). The first-order valence-electron chi connectivity index (χ1n) is 9.43. The summed E-state index contributed by atoms with van der Waals surface area (Å²) in [4.78, 5) is 26.4. The molecule has 154 valence electrons. The van der Waals surface area contributed by atoms with Crippen LogP contribution < -0.4 is 14.2 Å². The zero-order valence-corrected chi connectivity index (χ0v) is 17.4. The highest BCUT2D eigenvalue weighted by Crippen LogP contribution is 2.40. The van der Waals surface area contributed by atoms with E-state index in [1.807, 2.05) is 27.7 Å². The van der Waals surface area contributed by atoms with Gasteiger partial charge in [-0.25, -0.2) is 4.79 Å². The number of ether oxygens (including phenoxy) is 4. The van der Waals surface area contributed by atoms with Gasteiger partial charge in [-0.3, -0.25) is 4.79 Å². The molecule has 7 nitrogen and oxygen atoms in total. The first kappa shape index (κ1) is 21.6. The van der Waals surface area contributed by atoms with E-state index in [-0.39, 0.29) is 18.0 Å². The molecule has 28 heavy (non-hydrogen) atoms. The quantitative estimate of drug-likeness (QED) is 0.525. The van der Waals surface area contributed by atoms with Crippen molar-refractivity contribution < 1.29 is 28.5 Å². The molecule has 0 aliphatic carbocycles. The van der Waals surface area contributed by atoms with E-state index in [1.165, 1.54) is 13.2 Å². The molecule has 0 fully saturated rings. The van der Waals surface area contributed by atoms with Crippen molar-refractivity contribution in [2.45, 2.75) is 52.8 Å². The van der Waals surface area contributed by atoms with Crippen LogP contribution in [0.1, 0.15) is 40.2 Å². The van der Waals surface area contributed by atoms with E-state index >= 15 is 0 Å². The minimum atomic E-state index is -0.864. The van der Waals surface area contributed by atoms with Gasteiger partial charge in [0.25, 0.3) is 5.91 Å². The van der Waals surface area contributed by atoms with E-state index in [0.717, 1.165) is 0 Å². The second kappa shape index (κ2) is 9.48. The summed E-state index contributed by atoms with van der Waals surface area (Å²) in [6.45, 7) is 10.2. The molecule has 0 spiro atoms. The SMILES string of the molecule is COc1cc(/C=C/C(=O)O[C@@H](C)C(=O)N(C(C)C)C(C)C)cc2c1OCCO2. The lowest BCUT2D eigenvalue weighted by molar-refractivity contribution is -0.157. The second-order valence-electron chi connectivity index (χ2n) is 7.09. The molecule has 0 aromatic heterocycles. The van der Waals surface area contributed by atoms with E-state index in [9.17, 15) is 9.59 Å². The van der Waals surface area contributed by atoms with Gasteiger partial charge in [-0.1, -0.05) is 0 Å². The maximum Gasteiger partial charge on any atom is 0.331 e. The second-order valence-corrected chi connectivity index (χ2v) is 7.09. The molecule has 0 bridgehead atoms. The van der Waals surface area contributed by atoms with Crippen molar-refractivity contribution in [2.24, 2.45) is 0 Å². The van der Waals surface area contributed by atoms with Gasteiger partial charge in [0.05, 0.1) is 7.11 Å². The number of esters is 1. The molecular weight excluding hydrogens is 362 g/mol. The summed E-state index contributed by atoms with van der Waals surface area (Å²) in [7, 11) is 1.54. The molecule has 0 saturated heterocycles. The monoisotopic (exact) mass is 391 g/mol. The lowest BCUT2D eigenvalue weighted by Crippen LogP contribution is -2.47. The van der Waals surface area contributed by atoms with Gasteiger partial charge >= 0.3 is 5.97 Å². The van der Waals surface area contributed by atoms with Crippen LogP contribution in [-0.4, -0.2) is 55.3 Å². The highest BCUT2D eigenvalue weighted by molar-refractivity contribution is 5.90. The maximum absolute atomic E-state index is 12.6. The third kappa shape index (κ3) is 5.18. The van der Waals surface area contributed by atoms with E-state index in [1.54, 1.807) is 30.0 Å². The van der Waals surface area contributed by atoms with E-state index in [0.29, 0.717) is 36.0 Å². The number of hydrogen-bond acceptors (Lipinski definition) is 6. The van der Waals surface area contributed by atoms with E-state index in [2.05, 4.69) is 0 Å². The van der Waals surface area contributed by atoms with Crippen LogP contribution >= 0.6 is 0 Å². The number of carbonyl (C=O) groups is 2. The Morgan fingerprint density at radius 1 is 1.07 bits per heavy atom. The number of benzene rings is 1. The molecule has 1 aromatic carbocycles. The van der Waals surface area contributed by atoms with Crippen LogP contribution in [0.15, 0.2) is 18.2 Å². The Bertz CT molecular complexity index is 715. The zero-order valence-electron chi connectivity index (χ0n) is 17.4. The van der Waals surface area contributed by atoms with Gasteiger partial charge in [0.1, 0.15) is 13.2 Å². The van der Waals surface area contributed by atoms with Crippen molar-refractivity contribution in [2.75, 3.05) is 20.3 Å². The fraction of sp³-hybridized carbons (Fsp3) is 0.524. The predicted molar refractivity (Wildman–Crippen MR) is 106 cm³/mol. The van der Waals surface area contributed by atoms with E-state index in [4.69, 9.17) is 18.9 Å². The summed E-state index contributed by atoms with van der Waals surface area (Å²) in [6, 6.07) is 3.54. The molecule has 1 atom stereocenters. The lowest BCUT2D eigenvalue weighted by Gasteiger charge is -2.32. The van der Waals surface area contributed by atoms with Crippen LogP contribution in [0.3, 0.4) is 0 Å². The summed E-state index contributed by atoms with van der Waals surface area (Å²) in [6.07, 6.45) is 2.00. The van der Waals surface area contributed by atoms with Gasteiger partial charge in [0.15, 0.2) is 17.6 Å². The fourth-order valence-corrected chi connectivity index (χ4v) is 3.13. The number of hydrogen-bond donors (Lipinski definition) is 0. The molecule has 1 heterocycles. The number of rotatable bonds is 7. The predicted octanol–water partition coefficient (Wildman–Crippen LogP) is 3.06. The van der Waals surface area contributed by atoms with Crippen molar-refractivity contribution in [3.8, 4) is 17.2 Å². The van der Waals surface area contributed by atoms with Crippen molar-refractivity contribution >= 4 is 18.0 Å². The number of fused-ring (bicyclic) bond motifs is 1. The molecule has 1 aliphatic heterocycles. The maximum atomic E-state index is 12.6. The summed E-state index contributed by atoms with van der Waals surface area (Å²) in [5.74, 6) is 0.829. The molecule has 1 aromatic rings. The summed E-state index contributed by atoms with van der Waals surface area (Å²) < 4.78 is 21.7. The molecule has 0 unspecified atom stereocenters. The summed E-state index contributed by atoms with van der Waals surface area (Å²) >= 11 is 0. The third-order valence-electron chi connectivity index (χ3n) is 4.27. The molecule has 1 amide bonds. The average Bonchev–Trinajstić information content (AvgIpc) is 2.64. The first-order chi connectivity index (χ1) is 13.2. The molecular formula is C21H29NO6. The normalized spacial score (nSPS) is 14.3.